The molecule has 0 aromatic carbocycles. The van der Waals surface area contributed by atoms with Crippen LogP contribution in [0.4, 0.5) is 0 Å². The fraction of sp³-hybridized carbons (Fsp3) is 1.00. The maximum absolute atomic E-state index is 11.1. The molecule has 0 fully saturated rings. The molecule has 1 unspecified atom stereocenters. The topological polar surface area (TPSA) is 71.1 Å². The zero-order chi connectivity index (χ0) is 17.4. The molecule has 0 bridgehead atoms. The molecule has 7 heteroatoms. The van der Waals surface area contributed by atoms with Crippen molar-refractivity contribution >= 4 is 10.4 Å². The number of rotatable bonds is 17. The molecular formula is C16H34O6S. The SMILES string of the molecule is CCCCCCCCCCCCC(C)OOS(=O)(=O)OOCC. The zero-order valence-electron chi connectivity index (χ0n) is 14.9. The quantitative estimate of drug-likeness (QED) is 0.211. The predicted octanol–water partition coefficient (Wildman–Crippen LogP) is 4.85. The molecule has 0 aliphatic carbocycles. The molecule has 140 valence electrons. The summed E-state index contributed by atoms with van der Waals surface area (Å²) in [5.41, 5.74) is 0. The highest BCUT2D eigenvalue weighted by Crippen LogP contribution is 2.13. The summed E-state index contributed by atoms with van der Waals surface area (Å²) in [6.45, 7) is 5.71. The molecule has 0 heterocycles. The Hall–Kier alpha value is -0.210. The second kappa shape index (κ2) is 15.3. The number of hydrogen-bond acceptors (Lipinski definition) is 6. The summed E-state index contributed by atoms with van der Waals surface area (Å²) in [5, 5.41) is 0. The first-order valence-electron chi connectivity index (χ1n) is 8.92. The summed E-state index contributed by atoms with van der Waals surface area (Å²) in [7, 11) is -4.24. The second-order valence-corrected chi connectivity index (χ2v) is 6.92. The van der Waals surface area contributed by atoms with E-state index in [2.05, 4.69) is 20.5 Å². The summed E-state index contributed by atoms with van der Waals surface area (Å²) in [5.74, 6) is 0. The van der Waals surface area contributed by atoms with E-state index < -0.39 is 10.4 Å². The predicted molar refractivity (Wildman–Crippen MR) is 89.7 cm³/mol. The molecule has 0 aromatic heterocycles. The summed E-state index contributed by atoms with van der Waals surface area (Å²) in [6, 6.07) is 0. The first-order valence-corrected chi connectivity index (χ1v) is 10.3. The van der Waals surface area contributed by atoms with Crippen molar-refractivity contribution in [3.63, 3.8) is 0 Å². The van der Waals surface area contributed by atoms with E-state index in [0.717, 1.165) is 19.3 Å². The molecule has 0 aliphatic heterocycles. The molecule has 23 heavy (non-hydrogen) atoms. The van der Waals surface area contributed by atoms with E-state index in [-0.39, 0.29) is 12.7 Å². The van der Waals surface area contributed by atoms with E-state index in [1.807, 2.05) is 0 Å². The van der Waals surface area contributed by atoms with Gasteiger partial charge >= 0.3 is 10.4 Å². The molecule has 6 nitrogen and oxygen atoms in total. The van der Waals surface area contributed by atoms with Gasteiger partial charge in [-0.15, -0.1) is 0 Å². The van der Waals surface area contributed by atoms with E-state index in [0.29, 0.717) is 0 Å². The van der Waals surface area contributed by atoms with Gasteiger partial charge in [0.05, 0.1) is 12.7 Å². The lowest BCUT2D eigenvalue weighted by molar-refractivity contribution is -0.275. The highest BCUT2D eigenvalue weighted by Gasteiger charge is 2.16. The van der Waals surface area contributed by atoms with Crippen LogP contribution in [0.2, 0.25) is 0 Å². The summed E-state index contributed by atoms with van der Waals surface area (Å²) >= 11 is 0. The third kappa shape index (κ3) is 16.4. The average molecular weight is 355 g/mol. The number of unbranched alkanes of at least 4 members (excludes halogenated alkanes) is 9. The van der Waals surface area contributed by atoms with Gasteiger partial charge in [-0.3, -0.25) is 0 Å². The van der Waals surface area contributed by atoms with Crippen molar-refractivity contribution in [2.24, 2.45) is 0 Å². The van der Waals surface area contributed by atoms with Crippen LogP contribution < -0.4 is 0 Å². The lowest BCUT2D eigenvalue weighted by atomic mass is 10.1. The average Bonchev–Trinajstić information content (AvgIpc) is 2.53. The lowest BCUT2D eigenvalue weighted by Crippen LogP contribution is -2.16. The fourth-order valence-corrected chi connectivity index (χ4v) is 2.67. The van der Waals surface area contributed by atoms with Crippen LogP contribution >= 0.6 is 0 Å². The van der Waals surface area contributed by atoms with Crippen LogP contribution in [0.25, 0.3) is 0 Å². The summed E-state index contributed by atoms with van der Waals surface area (Å²) in [4.78, 5) is 9.10. The molecule has 0 saturated carbocycles. The van der Waals surface area contributed by atoms with Crippen molar-refractivity contribution in [1.82, 2.24) is 0 Å². The van der Waals surface area contributed by atoms with Gasteiger partial charge in [-0.1, -0.05) is 79.8 Å². The van der Waals surface area contributed by atoms with Crippen LogP contribution in [-0.2, 0) is 28.8 Å². The Bertz CT molecular complexity index is 344. The van der Waals surface area contributed by atoms with Gasteiger partial charge in [0.15, 0.2) is 0 Å². The van der Waals surface area contributed by atoms with E-state index in [1.54, 1.807) is 13.8 Å². The third-order valence-electron chi connectivity index (χ3n) is 3.50. The molecule has 0 spiro atoms. The molecule has 0 amide bonds. The minimum Gasteiger partial charge on any atom is -0.218 e. The van der Waals surface area contributed by atoms with E-state index >= 15 is 0 Å². The van der Waals surface area contributed by atoms with Gasteiger partial charge in [-0.2, -0.15) is 8.42 Å². The van der Waals surface area contributed by atoms with Gasteiger partial charge in [0, 0.05) is 0 Å². The fourth-order valence-electron chi connectivity index (χ4n) is 2.20. The molecule has 0 N–H and O–H groups in total. The van der Waals surface area contributed by atoms with Crippen molar-refractivity contribution in [3.8, 4) is 0 Å². The Morgan fingerprint density at radius 3 is 1.83 bits per heavy atom. The van der Waals surface area contributed by atoms with Crippen LogP contribution in [0.15, 0.2) is 0 Å². The molecule has 1 atom stereocenters. The van der Waals surface area contributed by atoms with E-state index in [9.17, 15) is 8.42 Å². The van der Waals surface area contributed by atoms with Crippen LogP contribution in [0.3, 0.4) is 0 Å². The van der Waals surface area contributed by atoms with E-state index in [4.69, 9.17) is 4.89 Å². The van der Waals surface area contributed by atoms with Crippen LogP contribution in [0.5, 0.6) is 0 Å². The van der Waals surface area contributed by atoms with Crippen molar-refractivity contribution in [3.05, 3.63) is 0 Å². The molecule has 0 saturated heterocycles. The van der Waals surface area contributed by atoms with Gasteiger partial charge in [0.2, 0.25) is 0 Å². The smallest absolute Gasteiger partial charge is 0.218 e. The van der Waals surface area contributed by atoms with Gasteiger partial charge in [-0.05, 0) is 20.3 Å². The highest BCUT2D eigenvalue weighted by molar-refractivity contribution is 7.81. The minimum atomic E-state index is -4.24. The Kier molecular flexibility index (Phi) is 15.2. The van der Waals surface area contributed by atoms with Crippen LogP contribution in [0, 0.1) is 0 Å². The molecule has 0 aliphatic rings. The van der Waals surface area contributed by atoms with Crippen molar-refractivity contribution in [2.45, 2.75) is 97.5 Å². The van der Waals surface area contributed by atoms with Crippen molar-refractivity contribution in [2.75, 3.05) is 6.61 Å². The summed E-state index contributed by atoms with van der Waals surface area (Å²) < 4.78 is 30.6. The van der Waals surface area contributed by atoms with Crippen molar-refractivity contribution in [1.29, 1.82) is 0 Å². The van der Waals surface area contributed by atoms with Gasteiger partial charge in [-0.25, -0.2) is 9.78 Å². The standard InChI is InChI=1S/C16H34O6S/c1-4-6-7-8-9-10-11-12-13-14-15-16(3)20-22-23(17,18)21-19-5-2/h16H,4-15H2,1-3H3. The second-order valence-electron chi connectivity index (χ2n) is 5.83. The molecule has 0 rings (SSSR count). The highest BCUT2D eigenvalue weighted by atomic mass is 32.3. The maximum Gasteiger partial charge on any atom is 0.453 e. The Morgan fingerprint density at radius 1 is 0.783 bits per heavy atom. The Morgan fingerprint density at radius 2 is 1.30 bits per heavy atom. The zero-order valence-corrected chi connectivity index (χ0v) is 15.7. The number of hydrogen-bond donors (Lipinski definition) is 0. The van der Waals surface area contributed by atoms with Gasteiger partial charge < -0.3 is 0 Å². The minimum absolute atomic E-state index is 0.108. The molecular weight excluding hydrogens is 320 g/mol. The first kappa shape index (κ1) is 22.8. The maximum atomic E-state index is 11.1. The lowest BCUT2D eigenvalue weighted by Gasteiger charge is -2.10. The third-order valence-corrected chi connectivity index (χ3v) is 4.01. The van der Waals surface area contributed by atoms with Gasteiger partial charge in [0.25, 0.3) is 0 Å². The van der Waals surface area contributed by atoms with Crippen molar-refractivity contribution < 1.29 is 26.9 Å². The largest absolute Gasteiger partial charge is 0.453 e. The van der Waals surface area contributed by atoms with Crippen LogP contribution in [-0.4, -0.2) is 21.1 Å². The molecule has 0 radical (unpaired) electrons. The monoisotopic (exact) mass is 354 g/mol. The Labute approximate surface area is 142 Å². The normalized spacial score (nSPS) is 13.3. The van der Waals surface area contributed by atoms with Gasteiger partial charge in [0.1, 0.15) is 0 Å². The van der Waals surface area contributed by atoms with Crippen LogP contribution in [0.1, 0.15) is 91.4 Å². The molecule has 0 aromatic rings. The Balaban J connectivity index is 3.41. The summed E-state index contributed by atoms with van der Waals surface area (Å²) in [6.07, 6.45) is 13.1. The first-order chi connectivity index (χ1) is 11.0. The van der Waals surface area contributed by atoms with E-state index in [1.165, 1.54) is 51.4 Å².